The SMILES string of the molecule is COc1ccc(NC(=O)CC(C)(C)CN)c(OC)c1. The first-order chi connectivity index (χ1) is 8.91. The lowest BCUT2D eigenvalue weighted by Crippen LogP contribution is -2.29. The van der Waals surface area contributed by atoms with Gasteiger partial charge in [0, 0.05) is 12.5 Å². The molecule has 3 N–H and O–H groups in total. The Morgan fingerprint density at radius 3 is 2.53 bits per heavy atom. The average Bonchev–Trinajstić information content (AvgIpc) is 2.38. The topological polar surface area (TPSA) is 73.6 Å². The van der Waals surface area contributed by atoms with Crippen LogP contribution in [0, 0.1) is 5.41 Å². The van der Waals surface area contributed by atoms with E-state index in [0.29, 0.717) is 30.2 Å². The first-order valence-electron chi connectivity index (χ1n) is 6.14. The van der Waals surface area contributed by atoms with Crippen LogP contribution in [0.25, 0.3) is 0 Å². The van der Waals surface area contributed by atoms with Crippen LogP contribution in [0.3, 0.4) is 0 Å². The number of benzene rings is 1. The highest BCUT2D eigenvalue weighted by atomic mass is 16.5. The van der Waals surface area contributed by atoms with Crippen molar-refractivity contribution in [2.75, 3.05) is 26.1 Å². The Balaban J connectivity index is 2.79. The Morgan fingerprint density at radius 2 is 2.00 bits per heavy atom. The van der Waals surface area contributed by atoms with Crippen LogP contribution in [0.2, 0.25) is 0 Å². The number of methoxy groups -OCH3 is 2. The third-order valence-electron chi connectivity index (χ3n) is 2.87. The van der Waals surface area contributed by atoms with Crippen molar-refractivity contribution in [1.82, 2.24) is 0 Å². The standard InChI is InChI=1S/C14H22N2O3/c1-14(2,9-15)8-13(17)16-11-6-5-10(18-3)7-12(11)19-4/h5-7H,8-9,15H2,1-4H3,(H,16,17). The van der Waals surface area contributed by atoms with Crippen LogP contribution in [-0.2, 0) is 4.79 Å². The Morgan fingerprint density at radius 1 is 1.32 bits per heavy atom. The van der Waals surface area contributed by atoms with Crippen molar-refractivity contribution >= 4 is 11.6 Å². The predicted octanol–water partition coefficient (Wildman–Crippen LogP) is 2.02. The van der Waals surface area contributed by atoms with Crippen LogP contribution in [0.1, 0.15) is 20.3 Å². The third-order valence-corrected chi connectivity index (χ3v) is 2.87. The molecule has 1 amide bonds. The van der Waals surface area contributed by atoms with Gasteiger partial charge < -0.3 is 20.5 Å². The van der Waals surface area contributed by atoms with E-state index in [1.165, 1.54) is 0 Å². The van der Waals surface area contributed by atoms with Crippen LogP contribution < -0.4 is 20.5 Å². The van der Waals surface area contributed by atoms with Gasteiger partial charge in [0.25, 0.3) is 0 Å². The van der Waals surface area contributed by atoms with E-state index in [-0.39, 0.29) is 11.3 Å². The summed E-state index contributed by atoms with van der Waals surface area (Å²) < 4.78 is 10.3. The molecular weight excluding hydrogens is 244 g/mol. The van der Waals surface area contributed by atoms with Gasteiger partial charge in [-0.1, -0.05) is 13.8 Å². The van der Waals surface area contributed by atoms with Crippen molar-refractivity contribution in [3.05, 3.63) is 18.2 Å². The molecule has 5 nitrogen and oxygen atoms in total. The molecule has 0 unspecified atom stereocenters. The first kappa shape index (κ1) is 15.3. The molecule has 0 radical (unpaired) electrons. The van der Waals surface area contributed by atoms with Gasteiger partial charge in [-0.2, -0.15) is 0 Å². The number of hydrogen-bond acceptors (Lipinski definition) is 4. The van der Waals surface area contributed by atoms with Crippen LogP contribution in [0.5, 0.6) is 11.5 Å². The Bertz CT molecular complexity index is 444. The smallest absolute Gasteiger partial charge is 0.225 e. The second-order valence-corrected chi connectivity index (χ2v) is 5.16. The largest absolute Gasteiger partial charge is 0.497 e. The highest BCUT2D eigenvalue weighted by Gasteiger charge is 2.20. The lowest BCUT2D eigenvalue weighted by atomic mass is 9.89. The molecule has 0 saturated heterocycles. The fraction of sp³-hybridized carbons (Fsp3) is 0.500. The van der Waals surface area contributed by atoms with Gasteiger partial charge in [0.15, 0.2) is 0 Å². The molecule has 0 aliphatic carbocycles. The second kappa shape index (κ2) is 6.43. The van der Waals surface area contributed by atoms with Gasteiger partial charge >= 0.3 is 0 Å². The van der Waals surface area contributed by atoms with Gasteiger partial charge in [0.05, 0.1) is 19.9 Å². The molecule has 0 heterocycles. The molecule has 106 valence electrons. The van der Waals surface area contributed by atoms with Gasteiger partial charge in [-0.3, -0.25) is 4.79 Å². The van der Waals surface area contributed by atoms with Crippen LogP contribution in [0.4, 0.5) is 5.69 Å². The predicted molar refractivity (Wildman–Crippen MR) is 75.6 cm³/mol. The maximum absolute atomic E-state index is 12.0. The Kier molecular flexibility index (Phi) is 5.18. The van der Waals surface area contributed by atoms with Gasteiger partial charge in [-0.05, 0) is 24.1 Å². The van der Waals surface area contributed by atoms with E-state index in [1.807, 2.05) is 13.8 Å². The third kappa shape index (κ3) is 4.44. The molecule has 0 aliphatic heterocycles. The van der Waals surface area contributed by atoms with E-state index in [0.717, 1.165) is 0 Å². The lowest BCUT2D eigenvalue weighted by molar-refractivity contribution is -0.117. The number of amides is 1. The molecule has 19 heavy (non-hydrogen) atoms. The number of hydrogen-bond donors (Lipinski definition) is 2. The number of rotatable bonds is 6. The number of nitrogens with two attached hydrogens (primary N) is 1. The van der Waals surface area contributed by atoms with Crippen molar-refractivity contribution in [1.29, 1.82) is 0 Å². The average molecular weight is 266 g/mol. The van der Waals surface area contributed by atoms with Gasteiger partial charge in [0.2, 0.25) is 5.91 Å². The first-order valence-corrected chi connectivity index (χ1v) is 6.14. The molecule has 1 rings (SSSR count). The zero-order valence-electron chi connectivity index (χ0n) is 11.9. The Labute approximate surface area is 114 Å². The van der Waals surface area contributed by atoms with Crippen molar-refractivity contribution in [3.8, 4) is 11.5 Å². The minimum atomic E-state index is -0.218. The summed E-state index contributed by atoms with van der Waals surface area (Å²) in [6, 6.07) is 5.25. The van der Waals surface area contributed by atoms with Crippen molar-refractivity contribution in [2.24, 2.45) is 11.1 Å². The van der Waals surface area contributed by atoms with Crippen LogP contribution >= 0.6 is 0 Å². The van der Waals surface area contributed by atoms with E-state index in [2.05, 4.69) is 5.32 Å². The van der Waals surface area contributed by atoms with E-state index in [9.17, 15) is 4.79 Å². The fourth-order valence-electron chi connectivity index (χ4n) is 1.60. The monoisotopic (exact) mass is 266 g/mol. The molecule has 0 aliphatic rings. The summed E-state index contributed by atoms with van der Waals surface area (Å²) in [5.41, 5.74) is 6.03. The van der Waals surface area contributed by atoms with Crippen LogP contribution in [-0.4, -0.2) is 26.7 Å². The Hall–Kier alpha value is -1.75. The second-order valence-electron chi connectivity index (χ2n) is 5.16. The summed E-state index contributed by atoms with van der Waals surface area (Å²) in [5.74, 6) is 1.16. The van der Waals surface area contributed by atoms with Crippen molar-refractivity contribution < 1.29 is 14.3 Å². The zero-order valence-corrected chi connectivity index (χ0v) is 11.9. The summed E-state index contributed by atoms with van der Waals surface area (Å²) >= 11 is 0. The molecule has 0 aromatic heterocycles. The highest BCUT2D eigenvalue weighted by molar-refractivity contribution is 5.92. The van der Waals surface area contributed by atoms with Gasteiger partial charge in [-0.15, -0.1) is 0 Å². The van der Waals surface area contributed by atoms with Crippen molar-refractivity contribution in [2.45, 2.75) is 20.3 Å². The zero-order chi connectivity index (χ0) is 14.5. The quantitative estimate of drug-likeness (QED) is 0.826. The van der Waals surface area contributed by atoms with E-state index >= 15 is 0 Å². The lowest BCUT2D eigenvalue weighted by Gasteiger charge is -2.21. The number of anilines is 1. The molecule has 0 bridgehead atoms. The molecule has 0 atom stereocenters. The summed E-state index contributed by atoms with van der Waals surface area (Å²) in [7, 11) is 3.13. The number of nitrogens with one attached hydrogen (secondary N) is 1. The number of ether oxygens (including phenoxy) is 2. The van der Waals surface area contributed by atoms with Gasteiger partial charge in [-0.25, -0.2) is 0 Å². The molecule has 1 aromatic rings. The minimum absolute atomic E-state index is 0.0843. The molecular formula is C14H22N2O3. The maximum atomic E-state index is 12.0. The van der Waals surface area contributed by atoms with E-state index in [4.69, 9.17) is 15.2 Å². The molecule has 5 heteroatoms. The summed E-state index contributed by atoms with van der Waals surface area (Å²) in [5, 5.41) is 2.83. The summed E-state index contributed by atoms with van der Waals surface area (Å²) in [6.45, 7) is 4.37. The normalized spacial score (nSPS) is 11.0. The molecule has 0 saturated carbocycles. The van der Waals surface area contributed by atoms with Crippen molar-refractivity contribution in [3.63, 3.8) is 0 Å². The molecule has 0 spiro atoms. The highest BCUT2D eigenvalue weighted by Crippen LogP contribution is 2.29. The van der Waals surface area contributed by atoms with E-state index < -0.39 is 0 Å². The minimum Gasteiger partial charge on any atom is -0.497 e. The molecule has 1 aromatic carbocycles. The van der Waals surface area contributed by atoms with E-state index in [1.54, 1.807) is 32.4 Å². The number of carbonyl (C=O) groups is 1. The number of carbonyl (C=O) groups excluding carboxylic acids is 1. The summed E-state index contributed by atoms with van der Waals surface area (Å²) in [6.07, 6.45) is 0.360. The van der Waals surface area contributed by atoms with Gasteiger partial charge in [0.1, 0.15) is 11.5 Å². The summed E-state index contributed by atoms with van der Waals surface area (Å²) in [4.78, 5) is 12.0. The fourth-order valence-corrected chi connectivity index (χ4v) is 1.60. The maximum Gasteiger partial charge on any atom is 0.225 e. The molecule has 0 fully saturated rings. The van der Waals surface area contributed by atoms with Crippen LogP contribution in [0.15, 0.2) is 18.2 Å².